The number of allylic oxidation sites excluding steroid dienone is 1. The summed E-state index contributed by atoms with van der Waals surface area (Å²) in [4.78, 5) is 11.7. The number of rotatable bonds is 3. The van der Waals surface area contributed by atoms with Crippen LogP contribution < -0.4 is 0 Å². The number of hydrogen-bond donors (Lipinski definition) is 0. The van der Waals surface area contributed by atoms with Gasteiger partial charge in [0.05, 0.1) is 5.57 Å². The number of benzene rings is 1. The number of nitriles is 1. The number of Topliss-reactive ketones (excluding diaryl/α,β-unsaturated/α-hetero) is 1. The van der Waals surface area contributed by atoms with Crippen molar-refractivity contribution in [2.45, 2.75) is 12.8 Å². The first-order valence-electron chi connectivity index (χ1n) is 5.13. The van der Waals surface area contributed by atoms with E-state index in [2.05, 4.69) is 0 Å². The van der Waals surface area contributed by atoms with Crippen LogP contribution in [0.25, 0.3) is 6.08 Å². The van der Waals surface area contributed by atoms with Gasteiger partial charge in [-0.05, 0) is 30.5 Å². The lowest BCUT2D eigenvalue weighted by molar-refractivity contribution is -0.116. The molecule has 0 heterocycles. The largest absolute Gasteiger partial charge is 0.293 e. The van der Waals surface area contributed by atoms with E-state index in [0.717, 1.165) is 18.4 Å². The molecule has 1 fully saturated rings. The van der Waals surface area contributed by atoms with E-state index in [9.17, 15) is 4.79 Å². The van der Waals surface area contributed by atoms with E-state index >= 15 is 0 Å². The van der Waals surface area contributed by atoms with Crippen molar-refractivity contribution in [2.75, 3.05) is 0 Å². The maximum atomic E-state index is 11.7. The lowest BCUT2D eigenvalue weighted by Gasteiger charge is -1.99. The van der Waals surface area contributed by atoms with Gasteiger partial charge in [0.1, 0.15) is 6.07 Å². The molecule has 1 saturated carbocycles. The van der Waals surface area contributed by atoms with Gasteiger partial charge in [0.15, 0.2) is 5.78 Å². The van der Waals surface area contributed by atoms with Crippen molar-refractivity contribution in [3.63, 3.8) is 0 Å². The average Bonchev–Trinajstić information content (AvgIpc) is 3.11. The topological polar surface area (TPSA) is 40.9 Å². The molecule has 2 nitrogen and oxygen atoms in total. The Bertz CT molecular complexity index is 495. The molecule has 0 atom stereocenters. The monoisotopic (exact) mass is 231 g/mol. The summed E-state index contributed by atoms with van der Waals surface area (Å²) in [5, 5.41) is 9.50. The minimum Gasteiger partial charge on any atom is -0.293 e. The molecule has 0 unspecified atom stereocenters. The molecule has 0 spiro atoms. The summed E-state index contributed by atoms with van der Waals surface area (Å²) in [6.07, 6.45) is 3.38. The second-order valence-electron chi connectivity index (χ2n) is 3.83. The molecule has 16 heavy (non-hydrogen) atoms. The molecule has 0 amide bonds. The van der Waals surface area contributed by atoms with Crippen molar-refractivity contribution in [2.24, 2.45) is 5.92 Å². The molecule has 1 aliphatic carbocycles. The van der Waals surface area contributed by atoms with Crippen LogP contribution in [-0.4, -0.2) is 5.78 Å². The third kappa shape index (κ3) is 2.32. The number of carbonyl (C=O) groups excluding carboxylic acids is 1. The van der Waals surface area contributed by atoms with Gasteiger partial charge in [0.25, 0.3) is 0 Å². The molecule has 1 aliphatic rings. The lowest BCUT2D eigenvalue weighted by atomic mass is 10.1. The Morgan fingerprint density at radius 3 is 2.69 bits per heavy atom. The maximum Gasteiger partial charge on any atom is 0.176 e. The maximum absolute atomic E-state index is 11.7. The Morgan fingerprint density at radius 2 is 2.12 bits per heavy atom. The highest BCUT2D eigenvalue weighted by molar-refractivity contribution is 6.32. The highest BCUT2D eigenvalue weighted by Crippen LogP contribution is 2.33. The van der Waals surface area contributed by atoms with Crippen LogP contribution in [0.4, 0.5) is 0 Å². The van der Waals surface area contributed by atoms with Gasteiger partial charge >= 0.3 is 0 Å². The molecule has 1 aromatic carbocycles. The van der Waals surface area contributed by atoms with Gasteiger partial charge in [0.2, 0.25) is 0 Å². The summed E-state index contributed by atoms with van der Waals surface area (Å²) in [5.74, 6) is 0.0100. The summed E-state index contributed by atoms with van der Waals surface area (Å²) < 4.78 is 0. The van der Waals surface area contributed by atoms with Crippen molar-refractivity contribution in [3.8, 4) is 6.07 Å². The minimum atomic E-state index is -0.0533. The summed E-state index contributed by atoms with van der Waals surface area (Å²) in [6, 6.07) is 9.12. The molecule has 0 N–H and O–H groups in total. The zero-order chi connectivity index (χ0) is 11.5. The predicted molar refractivity (Wildman–Crippen MR) is 62.8 cm³/mol. The molecule has 0 bridgehead atoms. The van der Waals surface area contributed by atoms with Crippen molar-refractivity contribution in [1.29, 1.82) is 5.26 Å². The predicted octanol–water partition coefficient (Wildman–Crippen LogP) is 3.23. The SMILES string of the molecule is N#C/C(=C/c1ccccc1Cl)C(=O)C1CC1. The van der Waals surface area contributed by atoms with Crippen molar-refractivity contribution < 1.29 is 4.79 Å². The molecule has 1 aromatic rings. The fourth-order valence-electron chi connectivity index (χ4n) is 1.47. The van der Waals surface area contributed by atoms with Gasteiger partial charge in [-0.1, -0.05) is 29.8 Å². The summed E-state index contributed by atoms with van der Waals surface area (Å²) >= 11 is 5.96. The quantitative estimate of drug-likeness (QED) is 0.592. The Morgan fingerprint density at radius 1 is 1.44 bits per heavy atom. The van der Waals surface area contributed by atoms with Crippen LogP contribution in [0.1, 0.15) is 18.4 Å². The number of hydrogen-bond acceptors (Lipinski definition) is 2. The van der Waals surface area contributed by atoms with E-state index in [1.54, 1.807) is 18.2 Å². The fraction of sp³-hybridized carbons (Fsp3) is 0.231. The first-order valence-corrected chi connectivity index (χ1v) is 5.50. The van der Waals surface area contributed by atoms with Gasteiger partial charge in [-0.3, -0.25) is 4.79 Å². The second kappa shape index (κ2) is 4.51. The Hall–Kier alpha value is -1.59. The van der Waals surface area contributed by atoms with E-state index in [0.29, 0.717) is 5.02 Å². The van der Waals surface area contributed by atoms with Crippen LogP contribution in [0.2, 0.25) is 5.02 Å². The Balaban J connectivity index is 2.31. The molecule has 3 heteroatoms. The summed E-state index contributed by atoms with van der Waals surface area (Å²) in [7, 11) is 0. The zero-order valence-corrected chi connectivity index (χ0v) is 9.37. The second-order valence-corrected chi connectivity index (χ2v) is 4.24. The van der Waals surface area contributed by atoms with E-state index in [4.69, 9.17) is 16.9 Å². The lowest BCUT2D eigenvalue weighted by Crippen LogP contribution is -2.02. The third-order valence-corrected chi connectivity index (χ3v) is 2.88. The van der Waals surface area contributed by atoms with Crippen LogP contribution in [0.5, 0.6) is 0 Å². The molecule has 0 radical (unpaired) electrons. The molecule has 2 rings (SSSR count). The van der Waals surface area contributed by atoms with Gasteiger partial charge in [0, 0.05) is 10.9 Å². The smallest absolute Gasteiger partial charge is 0.176 e. The van der Waals surface area contributed by atoms with Gasteiger partial charge < -0.3 is 0 Å². The molecule has 80 valence electrons. The highest BCUT2D eigenvalue weighted by Gasteiger charge is 2.31. The van der Waals surface area contributed by atoms with E-state index in [1.807, 2.05) is 18.2 Å². The van der Waals surface area contributed by atoms with E-state index in [1.165, 1.54) is 0 Å². The van der Waals surface area contributed by atoms with Crippen LogP contribution in [0.3, 0.4) is 0 Å². The Kier molecular flexibility index (Phi) is 3.07. The molecule has 0 saturated heterocycles. The van der Waals surface area contributed by atoms with Crippen molar-refractivity contribution in [1.82, 2.24) is 0 Å². The number of nitrogens with zero attached hydrogens (tertiary/aromatic N) is 1. The van der Waals surface area contributed by atoms with Gasteiger partial charge in [-0.25, -0.2) is 0 Å². The number of halogens is 1. The van der Waals surface area contributed by atoms with Crippen LogP contribution in [-0.2, 0) is 4.79 Å². The van der Waals surface area contributed by atoms with Crippen LogP contribution in [0.15, 0.2) is 29.8 Å². The van der Waals surface area contributed by atoms with Gasteiger partial charge in [-0.2, -0.15) is 5.26 Å². The average molecular weight is 232 g/mol. The van der Waals surface area contributed by atoms with Gasteiger partial charge in [-0.15, -0.1) is 0 Å². The van der Waals surface area contributed by atoms with Crippen LogP contribution in [0, 0.1) is 17.2 Å². The van der Waals surface area contributed by atoms with E-state index < -0.39 is 0 Å². The molecule has 0 aliphatic heterocycles. The molecular formula is C13H10ClNO. The first-order chi connectivity index (χ1) is 7.72. The molecule has 0 aromatic heterocycles. The Labute approximate surface area is 99.1 Å². The van der Waals surface area contributed by atoms with Crippen molar-refractivity contribution >= 4 is 23.5 Å². The normalized spacial score (nSPS) is 15.6. The van der Waals surface area contributed by atoms with E-state index in [-0.39, 0.29) is 17.3 Å². The van der Waals surface area contributed by atoms with Crippen LogP contribution >= 0.6 is 11.6 Å². The fourth-order valence-corrected chi connectivity index (χ4v) is 1.66. The highest BCUT2D eigenvalue weighted by atomic mass is 35.5. The zero-order valence-electron chi connectivity index (χ0n) is 8.61. The number of carbonyl (C=O) groups is 1. The third-order valence-electron chi connectivity index (χ3n) is 2.54. The standard InChI is InChI=1S/C13H10ClNO/c14-12-4-2-1-3-10(12)7-11(8-15)13(16)9-5-6-9/h1-4,7,9H,5-6H2/b11-7-. The number of ketones is 1. The summed E-state index contributed by atoms with van der Waals surface area (Å²) in [6.45, 7) is 0. The molecular weight excluding hydrogens is 222 g/mol. The summed E-state index contributed by atoms with van der Waals surface area (Å²) in [5.41, 5.74) is 0.922. The first kappa shape index (κ1) is 10.9. The van der Waals surface area contributed by atoms with Crippen molar-refractivity contribution in [3.05, 3.63) is 40.4 Å². The minimum absolute atomic E-state index is 0.0533.